The topological polar surface area (TPSA) is 107 Å². The number of benzene rings is 1. The summed E-state index contributed by atoms with van der Waals surface area (Å²) >= 11 is 3.03. The van der Waals surface area contributed by atoms with Crippen molar-refractivity contribution in [1.29, 1.82) is 5.41 Å². The summed E-state index contributed by atoms with van der Waals surface area (Å²) in [6, 6.07) is 9.62. The summed E-state index contributed by atoms with van der Waals surface area (Å²) in [4.78, 5) is 29.8. The molecule has 1 aliphatic carbocycles. The highest BCUT2D eigenvalue weighted by atomic mass is 32.2. The minimum absolute atomic E-state index is 0.102. The Kier molecular flexibility index (Phi) is 5.33. The number of anilines is 4. The number of hydrogen-bond donors (Lipinski definition) is 3. The molecular formula is C21H21N7OS2. The van der Waals surface area contributed by atoms with E-state index in [-0.39, 0.29) is 11.8 Å². The van der Waals surface area contributed by atoms with Gasteiger partial charge < -0.3 is 20.9 Å². The molecule has 2 aromatic heterocycles. The van der Waals surface area contributed by atoms with Gasteiger partial charge in [0.2, 0.25) is 5.91 Å². The molecule has 3 heterocycles. The van der Waals surface area contributed by atoms with Crippen molar-refractivity contribution in [2.45, 2.75) is 29.8 Å². The SMILES string of the molecule is Cc1cnc(Nc2cc(N3CC(=N)C3)nc(Sc3ccc(NC(=O)C4CC4)cc3)n2)s1. The monoisotopic (exact) mass is 451 g/mol. The molecule has 1 aromatic carbocycles. The molecule has 1 amide bonds. The third-order valence-corrected chi connectivity index (χ3v) is 6.62. The number of rotatable bonds is 7. The van der Waals surface area contributed by atoms with Crippen molar-refractivity contribution in [3.8, 4) is 0 Å². The van der Waals surface area contributed by atoms with Crippen LogP contribution in [0, 0.1) is 18.3 Å². The van der Waals surface area contributed by atoms with E-state index in [2.05, 4.69) is 25.6 Å². The fourth-order valence-corrected chi connectivity index (χ4v) is 4.52. The number of carbonyl (C=O) groups excluding carboxylic acids is 1. The Labute approximate surface area is 188 Å². The third kappa shape index (κ3) is 4.86. The van der Waals surface area contributed by atoms with Gasteiger partial charge in [0.25, 0.3) is 0 Å². The Bertz CT molecular complexity index is 1130. The molecular weight excluding hydrogens is 430 g/mol. The standard InChI is InChI=1S/C21H21N7OS2/c1-12-9-23-20(30-12)25-17-8-18(28-10-14(22)11-28)27-21(26-17)31-16-6-4-15(5-7-16)24-19(29)13-2-3-13/h4-9,13,22H,2-3,10-11H2,1H3,(H,24,29)(H,23,25,26,27). The van der Waals surface area contributed by atoms with Gasteiger partial charge in [-0.25, -0.2) is 15.0 Å². The fourth-order valence-electron chi connectivity index (χ4n) is 3.08. The van der Waals surface area contributed by atoms with Crippen LogP contribution in [-0.2, 0) is 4.79 Å². The van der Waals surface area contributed by atoms with Gasteiger partial charge in [0.1, 0.15) is 11.6 Å². The highest BCUT2D eigenvalue weighted by Gasteiger charge is 2.29. The van der Waals surface area contributed by atoms with Gasteiger partial charge in [-0.1, -0.05) is 0 Å². The number of hydrogen-bond acceptors (Lipinski definition) is 9. The van der Waals surface area contributed by atoms with Crippen molar-refractivity contribution >= 4 is 57.2 Å². The second kappa shape index (κ2) is 8.27. The molecule has 0 spiro atoms. The summed E-state index contributed by atoms with van der Waals surface area (Å²) in [5.74, 6) is 1.75. The molecule has 3 aromatic rings. The number of aromatic nitrogens is 3. The Balaban J connectivity index is 1.34. The fraction of sp³-hybridized carbons (Fsp3) is 0.286. The molecule has 158 valence electrons. The molecule has 5 rings (SSSR count). The first kappa shape index (κ1) is 20.0. The molecule has 3 N–H and O–H groups in total. The van der Waals surface area contributed by atoms with Gasteiger partial charge in [-0.2, -0.15) is 0 Å². The predicted octanol–water partition coefficient (Wildman–Crippen LogP) is 4.32. The van der Waals surface area contributed by atoms with Crippen molar-refractivity contribution in [1.82, 2.24) is 15.0 Å². The van der Waals surface area contributed by atoms with E-state index >= 15 is 0 Å². The molecule has 1 saturated heterocycles. The first-order valence-electron chi connectivity index (χ1n) is 10.0. The average molecular weight is 452 g/mol. The Morgan fingerprint density at radius 2 is 2.00 bits per heavy atom. The molecule has 0 bridgehead atoms. The Morgan fingerprint density at radius 1 is 1.23 bits per heavy atom. The highest BCUT2D eigenvalue weighted by Crippen LogP contribution is 2.33. The summed E-state index contributed by atoms with van der Waals surface area (Å²) in [5, 5.41) is 15.4. The van der Waals surface area contributed by atoms with Crippen molar-refractivity contribution < 1.29 is 4.79 Å². The van der Waals surface area contributed by atoms with E-state index in [1.54, 1.807) is 11.3 Å². The lowest BCUT2D eigenvalue weighted by molar-refractivity contribution is -0.117. The van der Waals surface area contributed by atoms with E-state index in [0.717, 1.165) is 39.3 Å². The maximum absolute atomic E-state index is 11.9. The van der Waals surface area contributed by atoms with Crippen molar-refractivity contribution in [3.05, 3.63) is 41.4 Å². The molecule has 0 radical (unpaired) electrons. The molecule has 2 aliphatic rings. The number of aryl methyl sites for hydroxylation is 1. The van der Waals surface area contributed by atoms with Crippen LogP contribution in [0.25, 0.3) is 0 Å². The van der Waals surface area contributed by atoms with Crippen LogP contribution < -0.4 is 15.5 Å². The van der Waals surface area contributed by atoms with Gasteiger partial charge >= 0.3 is 0 Å². The number of nitrogens with one attached hydrogen (secondary N) is 3. The summed E-state index contributed by atoms with van der Waals surface area (Å²) in [5.41, 5.74) is 1.50. The van der Waals surface area contributed by atoms with Crippen LogP contribution in [0.3, 0.4) is 0 Å². The number of carbonyl (C=O) groups is 1. The summed E-state index contributed by atoms with van der Waals surface area (Å²) in [7, 11) is 0. The third-order valence-electron chi connectivity index (χ3n) is 4.91. The minimum atomic E-state index is 0.102. The van der Waals surface area contributed by atoms with E-state index < -0.39 is 0 Å². The predicted molar refractivity (Wildman–Crippen MR) is 124 cm³/mol. The zero-order valence-electron chi connectivity index (χ0n) is 16.9. The van der Waals surface area contributed by atoms with E-state index in [1.807, 2.05) is 48.4 Å². The van der Waals surface area contributed by atoms with Gasteiger partial charge in [-0.05, 0) is 55.8 Å². The maximum Gasteiger partial charge on any atom is 0.227 e. The van der Waals surface area contributed by atoms with Crippen LogP contribution in [0.1, 0.15) is 17.7 Å². The van der Waals surface area contributed by atoms with Crippen molar-refractivity contribution in [2.24, 2.45) is 5.92 Å². The van der Waals surface area contributed by atoms with Gasteiger partial charge in [0, 0.05) is 39.4 Å². The van der Waals surface area contributed by atoms with Crippen LogP contribution in [-0.4, -0.2) is 39.7 Å². The zero-order valence-corrected chi connectivity index (χ0v) is 18.5. The number of thiazole rings is 1. The molecule has 10 heteroatoms. The van der Waals surface area contributed by atoms with Crippen molar-refractivity contribution in [2.75, 3.05) is 28.6 Å². The quantitative estimate of drug-likeness (QED) is 0.459. The van der Waals surface area contributed by atoms with Crippen LogP contribution in [0.5, 0.6) is 0 Å². The average Bonchev–Trinajstić information content (AvgIpc) is 3.50. The van der Waals surface area contributed by atoms with Crippen LogP contribution in [0.4, 0.5) is 22.5 Å². The van der Waals surface area contributed by atoms with Crippen LogP contribution in [0.2, 0.25) is 0 Å². The molecule has 0 unspecified atom stereocenters. The summed E-state index contributed by atoms with van der Waals surface area (Å²) < 4.78 is 0. The van der Waals surface area contributed by atoms with Crippen LogP contribution in [0.15, 0.2) is 46.6 Å². The van der Waals surface area contributed by atoms with Gasteiger partial charge in [0.05, 0.1) is 13.1 Å². The molecule has 31 heavy (non-hydrogen) atoms. The lowest BCUT2D eigenvalue weighted by Crippen LogP contribution is -2.47. The lowest BCUT2D eigenvalue weighted by atomic mass is 10.2. The first-order valence-corrected chi connectivity index (χ1v) is 11.6. The Hall–Kier alpha value is -2.98. The molecule has 2 fully saturated rings. The normalized spacial score (nSPS) is 15.5. The second-order valence-corrected chi connectivity index (χ2v) is 9.92. The van der Waals surface area contributed by atoms with Gasteiger partial charge in [-0.15, -0.1) is 11.3 Å². The van der Waals surface area contributed by atoms with Gasteiger partial charge in [0.15, 0.2) is 10.3 Å². The molecule has 0 atom stereocenters. The zero-order chi connectivity index (χ0) is 21.4. The van der Waals surface area contributed by atoms with E-state index in [0.29, 0.717) is 29.8 Å². The first-order chi connectivity index (χ1) is 15.0. The highest BCUT2D eigenvalue weighted by molar-refractivity contribution is 7.99. The minimum Gasteiger partial charge on any atom is -0.345 e. The molecule has 1 aliphatic heterocycles. The summed E-state index contributed by atoms with van der Waals surface area (Å²) in [6.07, 6.45) is 3.80. The number of nitrogens with zero attached hydrogens (tertiary/aromatic N) is 4. The van der Waals surface area contributed by atoms with Crippen molar-refractivity contribution in [3.63, 3.8) is 0 Å². The van der Waals surface area contributed by atoms with E-state index in [4.69, 9.17) is 5.41 Å². The second-order valence-electron chi connectivity index (χ2n) is 7.64. The Morgan fingerprint density at radius 3 is 2.65 bits per heavy atom. The smallest absolute Gasteiger partial charge is 0.227 e. The largest absolute Gasteiger partial charge is 0.345 e. The molecule has 8 nitrogen and oxygen atoms in total. The van der Waals surface area contributed by atoms with E-state index in [9.17, 15) is 4.79 Å². The van der Waals surface area contributed by atoms with Crippen LogP contribution >= 0.6 is 23.1 Å². The molecule has 1 saturated carbocycles. The lowest BCUT2D eigenvalue weighted by Gasteiger charge is -2.33. The van der Waals surface area contributed by atoms with E-state index in [1.165, 1.54) is 11.8 Å². The number of amides is 1. The van der Waals surface area contributed by atoms with Gasteiger partial charge in [-0.3, -0.25) is 4.79 Å². The maximum atomic E-state index is 11.9. The summed E-state index contributed by atoms with van der Waals surface area (Å²) in [6.45, 7) is 3.19.